The highest BCUT2D eigenvalue weighted by Crippen LogP contribution is 2.14. The minimum absolute atomic E-state index is 0.0424. The van der Waals surface area contributed by atoms with Gasteiger partial charge in [0, 0.05) is 12.8 Å². The van der Waals surface area contributed by atoms with Crippen LogP contribution in [0.3, 0.4) is 0 Å². The van der Waals surface area contributed by atoms with E-state index in [1.54, 1.807) is 0 Å². The van der Waals surface area contributed by atoms with Gasteiger partial charge in [0.1, 0.15) is 0 Å². The van der Waals surface area contributed by atoms with Crippen LogP contribution in [0.2, 0.25) is 0 Å². The van der Waals surface area contributed by atoms with Gasteiger partial charge in [-0.15, -0.1) is 0 Å². The molecule has 0 rings (SSSR count). The summed E-state index contributed by atoms with van der Waals surface area (Å²) in [5.41, 5.74) is 0. The third-order valence-electron chi connectivity index (χ3n) is 0.930. The van der Waals surface area contributed by atoms with E-state index in [4.69, 9.17) is 0 Å². The molecule has 0 unspecified atom stereocenters. The van der Waals surface area contributed by atoms with Gasteiger partial charge in [0.2, 0.25) is 11.8 Å². The fourth-order valence-corrected chi connectivity index (χ4v) is 1.35. The molecular weight excluding hydrogens is 616 g/mol. The minimum Gasteiger partial charge on any atom is -0.273 e. The van der Waals surface area contributed by atoms with Gasteiger partial charge in [-0.25, -0.2) is 2.65 Å². The summed E-state index contributed by atoms with van der Waals surface area (Å²) >= 11 is 7.50. The molecule has 0 saturated heterocycles. The average molecular weight is 620 g/mol. The summed E-state index contributed by atoms with van der Waals surface area (Å²) < 4.78 is 2.85. The summed E-state index contributed by atoms with van der Waals surface area (Å²) in [5, 5.41) is 0. The van der Waals surface area contributed by atoms with Crippen molar-refractivity contribution in [1.82, 2.24) is 2.65 Å². The van der Waals surface area contributed by atoms with Crippen molar-refractivity contribution < 1.29 is 9.59 Å². The van der Waals surface area contributed by atoms with Gasteiger partial charge in [-0.05, 0) is 0 Å². The van der Waals surface area contributed by atoms with Gasteiger partial charge in [0.25, 0.3) is 0 Å². The predicted molar refractivity (Wildman–Crippen MR) is 79.0 cm³/mol. The van der Waals surface area contributed by atoms with Crippen LogP contribution in [0.15, 0.2) is 0 Å². The Bertz CT molecular complexity index is 164. The number of carbonyl (C=O) groups excluding carboxylic acids is 2. The summed E-state index contributed by atoms with van der Waals surface area (Å²) in [4.78, 5) is 22.0. The van der Waals surface area contributed by atoms with E-state index < -0.39 is 0 Å². The van der Waals surface area contributed by atoms with Crippen LogP contribution in [0, 0.1) is 0 Å². The lowest BCUT2D eigenvalue weighted by molar-refractivity contribution is -0.127. The van der Waals surface area contributed by atoms with Crippen LogP contribution in [0.5, 0.6) is 0 Å². The topological polar surface area (TPSA) is 40.6 Å². The minimum atomic E-state index is -0.0424. The third-order valence-corrected chi connectivity index (χ3v) is 3.08. The standard InChI is InChI=1S/C4H4I4N2O2/c5-9(6)3(11)1-2-4(12)10(7)8/h1-2H2. The number of halogens is 4. The van der Waals surface area contributed by atoms with E-state index in [1.807, 2.05) is 91.5 Å². The molecule has 4 nitrogen and oxygen atoms in total. The number of amides is 2. The molecule has 0 N–H and O–H groups in total. The van der Waals surface area contributed by atoms with Gasteiger partial charge in [0.15, 0.2) is 0 Å². The van der Waals surface area contributed by atoms with E-state index in [9.17, 15) is 9.59 Å². The summed E-state index contributed by atoms with van der Waals surface area (Å²) in [6.45, 7) is 0. The van der Waals surface area contributed by atoms with Crippen molar-refractivity contribution in [2.75, 3.05) is 0 Å². The first kappa shape index (κ1) is 13.9. The molecule has 0 aromatic carbocycles. The summed E-state index contributed by atoms with van der Waals surface area (Å²) in [6.07, 6.45) is 0.542. The molecule has 0 aromatic heterocycles. The van der Waals surface area contributed by atoms with Crippen LogP contribution in [-0.4, -0.2) is 14.5 Å². The first-order chi connectivity index (χ1) is 5.45. The lowest BCUT2D eigenvalue weighted by Crippen LogP contribution is -2.15. The maximum atomic E-state index is 11.0. The quantitative estimate of drug-likeness (QED) is 0.361. The molecule has 0 aliphatic rings. The second-order valence-electron chi connectivity index (χ2n) is 1.75. The smallest absolute Gasteiger partial charge is 0.240 e. The SMILES string of the molecule is O=C(CCC(=O)N(I)I)N(I)I. The number of nitrogens with zero attached hydrogens (tertiary/aromatic N) is 2. The molecule has 2 amide bonds. The Kier molecular flexibility index (Phi) is 8.31. The molecule has 8 heteroatoms. The number of rotatable bonds is 3. The van der Waals surface area contributed by atoms with E-state index in [0.717, 1.165) is 0 Å². The molecule has 0 aromatic rings. The zero-order chi connectivity index (χ0) is 9.72. The van der Waals surface area contributed by atoms with Crippen LogP contribution in [-0.2, 0) is 9.59 Å². The molecule has 0 bridgehead atoms. The first-order valence-corrected chi connectivity index (χ1v) is 6.60. The Morgan fingerprint density at radius 1 is 0.833 bits per heavy atom. The van der Waals surface area contributed by atoms with Gasteiger partial charge in [-0.1, -0.05) is 0 Å². The van der Waals surface area contributed by atoms with Gasteiger partial charge >= 0.3 is 0 Å². The average Bonchev–Trinajstić information content (AvgIpc) is 1.98. The van der Waals surface area contributed by atoms with E-state index >= 15 is 0 Å². The van der Waals surface area contributed by atoms with Gasteiger partial charge in [-0.3, -0.25) is 9.59 Å². The highest BCUT2D eigenvalue weighted by atomic mass is 127. The second-order valence-corrected chi connectivity index (χ2v) is 9.31. The van der Waals surface area contributed by atoms with E-state index in [-0.39, 0.29) is 24.7 Å². The van der Waals surface area contributed by atoms with Crippen molar-refractivity contribution in [2.24, 2.45) is 0 Å². The molecular formula is C4H4I4N2O2. The van der Waals surface area contributed by atoms with Crippen LogP contribution in [0.4, 0.5) is 0 Å². The zero-order valence-electron chi connectivity index (χ0n) is 5.64. The molecule has 12 heavy (non-hydrogen) atoms. The molecule has 0 spiro atoms. The van der Waals surface area contributed by atoms with Crippen LogP contribution >= 0.6 is 91.5 Å². The zero-order valence-corrected chi connectivity index (χ0v) is 14.3. The van der Waals surface area contributed by atoms with Crippen LogP contribution < -0.4 is 0 Å². The lowest BCUT2D eigenvalue weighted by Gasteiger charge is -2.06. The molecule has 0 saturated carbocycles. The fraction of sp³-hybridized carbons (Fsp3) is 0.500. The molecule has 0 atom stereocenters. The Morgan fingerprint density at radius 2 is 1.08 bits per heavy atom. The second kappa shape index (κ2) is 7.19. The normalized spacial score (nSPS) is 9.33. The number of hydrogen-bond acceptors (Lipinski definition) is 2. The summed E-state index contributed by atoms with van der Waals surface area (Å²) in [7, 11) is 0. The number of hydrogen-bond donors (Lipinski definition) is 0. The van der Waals surface area contributed by atoms with Crippen molar-refractivity contribution in [2.45, 2.75) is 12.8 Å². The summed E-state index contributed by atoms with van der Waals surface area (Å²) in [6, 6.07) is 0. The fourth-order valence-electron chi connectivity index (χ4n) is 0.383. The number of carbonyl (C=O) groups is 2. The van der Waals surface area contributed by atoms with Gasteiger partial charge < -0.3 is 0 Å². The molecule has 0 heterocycles. The van der Waals surface area contributed by atoms with Gasteiger partial charge in [0.05, 0.1) is 91.5 Å². The van der Waals surface area contributed by atoms with Gasteiger partial charge in [-0.2, -0.15) is 0 Å². The predicted octanol–water partition coefficient (Wildman–Crippen LogP) is 2.82. The monoisotopic (exact) mass is 620 g/mol. The Balaban J connectivity index is 3.69. The van der Waals surface area contributed by atoms with Crippen molar-refractivity contribution >= 4 is 103 Å². The molecule has 0 aliphatic carbocycles. The van der Waals surface area contributed by atoms with Crippen molar-refractivity contribution in [1.29, 1.82) is 0 Å². The van der Waals surface area contributed by atoms with E-state index in [2.05, 4.69) is 0 Å². The Labute approximate surface area is 126 Å². The largest absolute Gasteiger partial charge is 0.273 e. The van der Waals surface area contributed by atoms with Crippen molar-refractivity contribution in [3.05, 3.63) is 0 Å². The third kappa shape index (κ3) is 6.33. The van der Waals surface area contributed by atoms with Crippen molar-refractivity contribution in [3.8, 4) is 0 Å². The molecule has 0 aliphatic heterocycles. The molecule has 0 fully saturated rings. The lowest BCUT2D eigenvalue weighted by atomic mass is 10.3. The van der Waals surface area contributed by atoms with Crippen LogP contribution in [0.1, 0.15) is 12.8 Å². The molecule has 70 valence electrons. The highest BCUT2D eigenvalue weighted by molar-refractivity contribution is 14.2. The highest BCUT2D eigenvalue weighted by Gasteiger charge is 2.12. The summed E-state index contributed by atoms with van der Waals surface area (Å²) in [5.74, 6) is -0.0848. The maximum Gasteiger partial charge on any atom is 0.240 e. The van der Waals surface area contributed by atoms with Crippen molar-refractivity contribution in [3.63, 3.8) is 0 Å². The Morgan fingerprint density at radius 3 is 1.25 bits per heavy atom. The molecule has 0 radical (unpaired) electrons. The van der Waals surface area contributed by atoms with E-state index in [1.165, 1.54) is 2.65 Å². The maximum absolute atomic E-state index is 11.0. The van der Waals surface area contributed by atoms with E-state index in [0.29, 0.717) is 0 Å². The van der Waals surface area contributed by atoms with Crippen LogP contribution in [0.25, 0.3) is 0 Å². The first-order valence-electron chi connectivity index (χ1n) is 2.74. The Hall–Kier alpha value is 1.86.